The van der Waals surface area contributed by atoms with E-state index in [-0.39, 0.29) is 17.0 Å². The number of hydrogen-bond donors (Lipinski definition) is 1. The van der Waals surface area contributed by atoms with E-state index in [0.29, 0.717) is 29.8 Å². The Labute approximate surface area is 175 Å². The maximum absolute atomic E-state index is 13.1. The molecule has 0 saturated carbocycles. The van der Waals surface area contributed by atoms with Crippen molar-refractivity contribution < 1.29 is 18.7 Å². The molecule has 0 unspecified atom stereocenters. The molecule has 0 spiro atoms. The van der Waals surface area contributed by atoms with Gasteiger partial charge in [0.15, 0.2) is 0 Å². The largest absolute Gasteiger partial charge is 0.445 e. The van der Waals surface area contributed by atoms with Crippen LogP contribution in [0.2, 0.25) is 0 Å². The van der Waals surface area contributed by atoms with Crippen molar-refractivity contribution in [1.29, 1.82) is 0 Å². The van der Waals surface area contributed by atoms with E-state index >= 15 is 0 Å². The summed E-state index contributed by atoms with van der Waals surface area (Å²) in [6.45, 7) is -1.09. The lowest BCUT2D eigenvalue weighted by atomic mass is 9.98. The third-order valence-corrected chi connectivity index (χ3v) is 5.07. The highest BCUT2D eigenvalue weighted by molar-refractivity contribution is 6.24. The first-order chi connectivity index (χ1) is 15.1. The number of benzene rings is 1. The lowest BCUT2D eigenvalue weighted by Crippen LogP contribution is -2.20. The first-order valence-corrected chi connectivity index (χ1v) is 9.60. The highest BCUT2D eigenvalue weighted by Crippen LogP contribution is 2.34. The Bertz CT molecular complexity index is 1300. The molecule has 31 heavy (non-hydrogen) atoms. The fraction of sp³-hybridized carbons (Fsp3) is 0.136. The Morgan fingerprint density at radius 2 is 1.84 bits per heavy atom. The Morgan fingerprint density at radius 1 is 0.968 bits per heavy atom. The molecule has 1 N–H and O–H groups in total. The van der Waals surface area contributed by atoms with Crippen molar-refractivity contribution in [2.24, 2.45) is 0 Å². The van der Waals surface area contributed by atoms with Crippen LogP contribution in [0.4, 0.5) is 4.39 Å². The number of aryl methyl sites for hydroxylation is 2. The minimum absolute atomic E-state index is 0.0167. The summed E-state index contributed by atoms with van der Waals surface area (Å²) in [5.41, 5.74) is 2.94. The van der Waals surface area contributed by atoms with Crippen molar-refractivity contribution >= 4 is 17.5 Å². The molecule has 1 aliphatic rings. The zero-order chi connectivity index (χ0) is 21.4. The number of aromatic nitrogens is 4. The Balaban J connectivity index is 1.46. The van der Waals surface area contributed by atoms with Crippen molar-refractivity contribution in [3.8, 4) is 17.0 Å². The second-order valence-corrected chi connectivity index (χ2v) is 6.97. The molecule has 1 aromatic carbocycles. The van der Waals surface area contributed by atoms with Crippen LogP contribution in [0.25, 0.3) is 16.8 Å². The number of imidazole rings is 1. The standard InChI is InChI=1S/C22H16FN5O3/c23-12-31-22-16(14-4-3-5-15-19(14)21(30)27-20(15)29)10-24-17(26-22)8-7-13-11-28-9-2-1-6-18(28)25-13/h1-6,9-11H,7-8,12H2,(H,27,29,30). The summed E-state index contributed by atoms with van der Waals surface area (Å²) in [5.74, 6) is -0.516. The topological polar surface area (TPSA) is 98.5 Å². The van der Waals surface area contributed by atoms with Gasteiger partial charge in [-0.3, -0.25) is 14.9 Å². The van der Waals surface area contributed by atoms with Crippen LogP contribution >= 0.6 is 0 Å². The highest BCUT2D eigenvalue weighted by Gasteiger charge is 2.30. The molecular weight excluding hydrogens is 401 g/mol. The summed E-state index contributed by atoms with van der Waals surface area (Å²) < 4.78 is 20.1. The average Bonchev–Trinajstić information content (AvgIpc) is 3.33. The van der Waals surface area contributed by atoms with Crippen LogP contribution < -0.4 is 10.1 Å². The molecule has 154 valence electrons. The fourth-order valence-corrected chi connectivity index (χ4v) is 3.66. The lowest BCUT2D eigenvalue weighted by Gasteiger charge is -2.11. The van der Waals surface area contributed by atoms with Crippen LogP contribution in [0.5, 0.6) is 5.88 Å². The number of carbonyl (C=O) groups is 2. The van der Waals surface area contributed by atoms with Crippen LogP contribution in [0.3, 0.4) is 0 Å². The van der Waals surface area contributed by atoms with Gasteiger partial charge in [-0.15, -0.1) is 0 Å². The Morgan fingerprint density at radius 3 is 2.68 bits per heavy atom. The second kappa shape index (κ2) is 7.60. The maximum atomic E-state index is 13.1. The van der Waals surface area contributed by atoms with E-state index < -0.39 is 18.7 Å². The number of fused-ring (bicyclic) bond motifs is 2. The van der Waals surface area contributed by atoms with Crippen molar-refractivity contribution in [2.45, 2.75) is 12.8 Å². The van der Waals surface area contributed by atoms with Gasteiger partial charge in [0.1, 0.15) is 11.5 Å². The predicted octanol–water partition coefficient (Wildman–Crippen LogP) is 2.77. The molecular formula is C22H16FN5O3. The molecule has 9 heteroatoms. The van der Waals surface area contributed by atoms with Crippen molar-refractivity contribution in [2.75, 3.05) is 6.86 Å². The van der Waals surface area contributed by atoms with Crippen molar-refractivity contribution in [1.82, 2.24) is 24.7 Å². The number of hydrogen-bond acceptors (Lipinski definition) is 6. The SMILES string of the molecule is O=C1NC(=O)c2c1cccc2-c1cnc(CCc2cn3ccccc3n2)nc1OCF. The summed E-state index contributed by atoms with van der Waals surface area (Å²) in [4.78, 5) is 37.5. The maximum Gasteiger partial charge on any atom is 0.259 e. The number of nitrogens with one attached hydrogen (secondary N) is 1. The van der Waals surface area contributed by atoms with Crippen molar-refractivity contribution in [3.05, 3.63) is 77.6 Å². The quantitative estimate of drug-likeness (QED) is 0.485. The van der Waals surface area contributed by atoms with Gasteiger partial charge in [0, 0.05) is 30.6 Å². The molecule has 0 radical (unpaired) electrons. The van der Waals surface area contributed by atoms with Gasteiger partial charge in [-0.05, 0) is 24.6 Å². The second-order valence-electron chi connectivity index (χ2n) is 6.97. The van der Waals surface area contributed by atoms with Crippen LogP contribution in [-0.4, -0.2) is 38.0 Å². The van der Waals surface area contributed by atoms with Crippen LogP contribution in [0.1, 0.15) is 32.2 Å². The average molecular weight is 417 g/mol. The van der Waals surface area contributed by atoms with Gasteiger partial charge in [-0.25, -0.2) is 14.4 Å². The molecule has 4 aromatic rings. The number of amides is 2. The summed E-state index contributed by atoms with van der Waals surface area (Å²) in [7, 11) is 0. The third kappa shape index (κ3) is 3.39. The number of imide groups is 1. The van der Waals surface area contributed by atoms with E-state index in [1.165, 1.54) is 6.20 Å². The molecule has 3 aromatic heterocycles. The first-order valence-electron chi connectivity index (χ1n) is 9.60. The number of rotatable bonds is 6. The molecule has 5 rings (SSSR count). The van der Waals surface area contributed by atoms with Crippen molar-refractivity contribution in [3.63, 3.8) is 0 Å². The molecule has 2 amide bonds. The molecule has 0 fully saturated rings. The van der Waals surface area contributed by atoms with Crippen LogP contribution in [-0.2, 0) is 12.8 Å². The minimum Gasteiger partial charge on any atom is -0.445 e. The van der Waals surface area contributed by atoms with E-state index in [1.54, 1.807) is 18.2 Å². The van der Waals surface area contributed by atoms with Crippen LogP contribution in [0.15, 0.2) is 55.0 Å². The monoisotopic (exact) mass is 417 g/mol. The number of pyridine rings is 1. The molecule has 8 nitrogen and oxygen atoms in total. The normalized spacial score (nSPS) is 12.8. The highest BCUT2D eigenvalue weighted by atomic mass is 19.1. The minimum atomic E-state index is -1.09. The van der Waals surface area contributed by atoms with E-state index in [0.717, 1.165) is 11.3 Å². The molecule has 1 aliphatic heterocycles. The zero-order valence-electron chi connectivity index (χ0n) is 16.2. The van der Waals surface area contributed by atoms with E-state index in [2.05, 4.69) is 20.3 Å². The summed E-state index contributed by atoms with van der Waals surface area (Å²) in [5, 5.41) is 2.26. The van der Waals surface area contributed by atoms with Gasteiger partial charge in [0.05, 0.1) is 22.4 Å². The molecule has 0 aliphatic carbocycles. The fourth-order valence-electron chi connectivity index (χ4n) is 3.66. The van der Waals surface area contributed by atoms with Crippen LogP contribution in [0, 0.1) is 0 Å². The van der Waals surface area contributed by atoms with Gasteiger partial charge >= 0.3 is 0 Å². The lowest BCUT2D eigenvalue weighted by molar-refractivity contribution is 0.0880. The van der Waals surface area contributed by atoms with E-state index in [9.17, 15) is 14.0 Å². The molecule has 0 atom stereocenters. The number of carbonyl (C=O) groups excluding carboxylic acids is 2. The number of nitrogens with zero attached hydrogens (tertiary/aromatic N) is 4. The first kappa shape index (κ1) is 18.9. The van der Waals surface area contributed by atoms with E-state index in [1.807, 2.05) is 35.0 Å². The summed E-state index contributed by atoms with van der Waals surface area (Å²) in [6.07, 6.45) is 6.41. The molecule has 0 saturated heterocycles. The summed E-state index contributed by atoms with van der Waals surface area (Å²) >= 11 is 0. The smallest absolute Gasteiger partial charge is 0.259 e. The van der Waals surface area contributed by atoms with Gasteiger partial charge in [0.2, 0.25) is 12.7 Å². The number of halogens is 1. The van der Waals surface area contributed by atoms with Gasteiger partial charge < -0.3 is 9.14 Å². The predicted molar refractivity (Wildman–Crippen MR) is 108 cm³/mol. The summed E-state index contributed by atoms with van der Waals surface area (Å²) in [6, 6.07) is 10.6. The Kier molecular flexibility index (Phi) is 4.62. The Hall–Kier alpha value is -4.14. The molecule has 4 heterocycles. The third-order valence-electron chi connectivity index (χ3n) is 5.07. The zero-order valence-corrected chi connectivity index (χ0v) is 16.2. The molecule has 0 bridgehead atoms. The van der Waals surface area contributed by atoms with Gasteiger partial charge in [-0.1, -0.05) is 18.2 Å². The number of alkyl halides is 1. The van der Waals surface area contributed by atoms with Gasteiger partial charge in [0.25, 0.3) is 11.8 Å². The van der Waals surface area contributed by atoms with E-state index in [4.69, 9.17) is 4.74 Å². The van der Waals surface area contributed by atoms with Gasteiger partial charge in [-0.2, -0.15) is 4.98 Å². The number of ether oxygens (including phenoxy) is 1.